The van der Waals surface area contributed by atoms with E-state index in [9.17, 15) is 0 Å². The molecule has 0 aliphatic carbocycles. The van der Waals surface area contributed by atoms with E-state index in [-0.39, 0.29) is 0 Å². The number of halogens is 1. The summed E-state index contributed by atoms with van der Waals surface area (Å²) in [6, 6.07) is 8.62. The van der Waals surface area contributed by atoms with Crippen molar-refractivity contribution in [3.05, 3.63) is 27.8 Å². The van der Waals surface area contributed by atoms with Gasteiger partial charge < -0.3 is 0 Å². The molecule has 0 saturated carbocycles. The second-order valence-corrected chi connectivity index (χ2v) is 5.77. The Kier molecular flexibility index (Phi) is 3.74. The minimum absolute atomic E-state index is 0.692. The molecule has 1 rings (SSSR count). The fourth-order valence-corrected chi connectivity index (χ4v) is 3.37. The summed E-state index contributed by atoms with van der Waals surface area (Å²) in [7, 11) is 0. The van der Waals surface area contributed by atoms with Crippen molar-refractivity contribution in [1.29, 1.82) is 0 Å². The predicted molar refractivity (Wildman–Crippen MR) is 55.0 cm³/mol. The average molecular weight is 311 g/mol. The summed E-state index contributed by atoms with van der Waals surface area (Å²) >= 11 is 3.09. The van der Waals surface area contributed by atoms with Crippen LogP contribution in [-0.2, 0) is 0 Å². The molecule has 1 aromatic rings. The third-order valence-corrected chi connectivity index (χ3v) is 4.90. The molecule has 0 aliphatic rings. The zero-order valence-electron chi connectivity index (χ0n) is 5.80. The summed E-state index contributed by atoms with van der Waals surface area (Å²) in [4.78, 5) is 0. The molecule has 0 N–H and O–H groups in total. The molecular weight excluding hydrogens is 302 g/mol. The summed E-state index contributed by atoms with van der Waals surface area (Å²) in [5.74, 6) is 0. The molecule has 0 unspecified atom stereocenters. The maximum atomic E-state index is 2.40. The quantitative estimate of drug-likeness (QED) is 0.579. The first kappa shape index (κ1) is 8.56. The van der Waals surface area contributed by atoms with Crippen molar-refractivity contribution in [2.75, 3.05) is 0 Å². The van der Waals surface area contributed by atoms with Gasteiger partial charge in [0.2, 0.25) is 0 Å². The van der Waals surface area contributed by atoms with Gasteiger partial charge in [-0.05, 0) is 0 Å². The molecule has 0 fully saturated rings. The Bertz CT molecular complexity index is 210. The van der Waals surface area contributed by atoms with Crippen LogP contribution in [0, 0.1) is 3.57 Å². The van der Waals surface area contributed by atoms with Gasteiger partial charge in [-0.3, -0.25) is 0 Å². The Morgan fingerprint density at radius 3 is 2.70 bits per heavy atom. The van der Waals surface area contributed by atoms with Crippen LogP contribution in [0.2, 0.25) is 5.32 Å². The Labute approximate surface area is 81.7 Å². The van der Waals surface area contributed by atoms with E-state index in [2.05, 4.69) is 53.8 Å². The van der Waals surface area contributed by atoms with Crippen molar-refractivity contribution in [1.82, 2.24) is 0 Å². The molecular formula is C8H9ISe. The molecule has 0 saturated heterocycles. The zero-order chi connectivity index (χ0) is 7.40. The molecule has 1 aromatic carbocycles. The molecule has 2 heteroatoms. The Morgan fingerprint density at radius 2 is 2.10 bits per heavy atom. The molecule has 0 bridgehead atoms. The van der Waals surface area contributed by atoms with Crippen LogP contribution in [0.1, 0.15) is 6.92 Å². The van der Waals surface area contributed by atoms with Gasteiger partial charge >= 0.3 is 82.1 Å². The second-order valence-electron chi connectivity index (χ2n) is 1.86. The molecule has 0 aromatic heterocycles. The van der Waals surface area contributed by atoms with E-state index in [0.717, 1.165) is 0 Å². The molecule has 0 nitrogen and oxygen atoms in total. The van der Waals surface area contributed by atoms with Crippen molar-refractivity contribution in [3.63, 3.8) is 0 Å². The third-order valence-electron chi connectivity index (χ3n) is 1.14. The summed E-state index contributed by atoms with van der Waals surface area (Å²) < 4.78 is 2.96. The Morgan fingerprint density at radius 1 is 1.40 bits per heavy atom. The first-order valence-electron chi connectivity index (χ1n) is 3.22. The number of rotatable bonds is 2. The van der Waals surface area contributed by atoms with Crippen LogP contribution in [0.3, 0.4) is 0 Å². The van der Waals surface area contributed by atoms with Gasteiger partial charge in [0.25, 0.3) is 0 Å². The van der Waals surface area contributed by atoms with Gasteiger partial charge in [0, 0.05) is 0 Å². The molecule has 0 heterocycles. The molecule has 0 spiro atoms. The van der Waals surface area contributed by atoms with Gasteiger partial charge in [-0.15, -0.1) is 0 Å². The van der Waals surface area contributed by atoms with Crippen molar-refractivity contribution >= 4 is 42.0 Å². The standard InChI is InChI=1S/C8H9ISe/c1-2-10-8-6-4-3-5-7(8)9/h3-6H,2H2,1H3. The molecule has 54 valence electrons. The number of hydrogen-bond donors (Lipinski definition) is 0. The zero-order valence-corrected chi connectivity index (χ0v) is 9.67. The van der Waals surface area contributed by atoms with Crippen molar-refractivity contribution in [3.8, 4) is 0 Å². The van der Waals surface area contributed by atoms with Gasteiger partial charge in [-0.25, -0.2) is 0 Å². The van der Waals surface area contributed by atoms with E-state index in [0.29, 0.717) is 15.0 Å². The van der Waals surface area contributed by atoms with Crippen molar-refractivity contribution in [2.45, 2.75) is 12.2 Å². The van der Waals surface area contributed by atoms with Gasteiger partial charge in [-0.1, -0.05) is 0 Å². The normalized spacial score (nSPS) is 9.80. The van der Waals surface area contributed by atoms with Crippen LogP contribution in [0.5, 0.6) is 0 Å². The fourth-order valence-electron chi connectivity index (χ4n) is 0.717. The molecule has 0 radical (unpaired) electrons. The Hall–Kier alpha value is 0.469. The molecule has 10 heavy (non-hydrogen) atoms. The summed E-state index contributed by atoms with van der Waals surface area (Å²) in [5, 5.41) is 1.30. The van der Waals surface area contributed by atoms with E-state index in [1.807, 2.05) is 0 Å². The topological polar surface area (TPSA) is 0 Å². The number of benzene rings is 1. The molecule has 0 aliphatic heterocycles. The summed E-state index contributed by atoms with van der Waals surface area (Å²) in [6.45, 7) is 2.24. The monoisotopic (exact) mass is 312 g/mol. The first-order chi connectivity index (χ1) is 4.84. The van der Waals surface area contributed by atoms with Gasteiger partial charge in [-0.2, -0.15) is 0 Å². The van der Waals surface area contributed by atoms with Crippen LogP contribution in [0.25, 0.3) is 0 Å². The van der Waals surface area contributed by atoms with E-state index in [1.54, 1.807) is 0 Å². The van der Waals surface area contributed by atoms with Crippen LogP contribution in [-0.4, -0.2) is 15.0 Å². The average Bonchev–Trinajstić information content (AvgIpc) is 1.94. The fraction of sp³-hybridized carbons (Fsp3) is 0.250. The number of hydrogen-bond acceptors (Lipinski definition) is 0. The Balaban J connectivity index is 2.81. The van der Waals surface area contributed by atoms with Crippen LogP contribution >= 0.6 is 22.6 Å². The van der Waals surface area contributed by atoms with Crippen molar-refractivity contribution in [2.24, 2.45) is 0 Å². The third kappa shape index (κ3) is 2.26. The van der Waals surface area contributed by atoms with Crippen LogP contribution < -0.4 is 4.46 Å². The summed E-state index contributed by atoms with van der Waals surface area (Å²) in [6.07, 6.45) is 0. The predicted octanol–water partition coefficient (Wildman–Crippen LogP) is 2.06. The van der Waals surface area contributed by atoms with Crippen LogP contribution in [0.15, 0.2) is 24.3 Å². The second kappa shape index (κ2) is 4.37. The van der Waals surface area contributed by atoms with Crippen molar-refractivity contribution < 1.29 is 0 Å². The van der Waals surface area contributed by atoms with Crippen LogP contribution in [0.4, 0.5) is 0 Å². The maximum absolute atomic E-state index is 2.40. The van der Waals surface area contributed by atoms with E-state index in [1.165, 1.54) is 13.4 Å². The molecule has 0 atom stereocenters. The molecule has 0 amide bonds. The SMILES string of the molecule is CC[Se]c1ccccc1I. The van der Waals surface area contributed by atoms with Gasteiger partial charge in [0.1, 0.15) is 0 Å². The van der Waals surface area contributed by atoms with E-state index >= 15 is 0 Å². The van der Waals surface area contributed by atoms with Gasteiger partial charge in [0.05, 0.1) is 0 Å². The van der Waals surface area contributed by atoms with E-state index in [4.69, 9.17) is 0 Å². The van der Waals surface area contributed by atoms with E-state index < -0.39 is 0 Å². The van der Waals surface area contributed by atoms with Gasteiger partial charge in [0.15, 0.2) is 0 Å². The first-order valence-corrected chi connectivity index (χ1v) is 6.36. The summed E-state index contributed by atoms with van der Waals surface area (Å²) in [5.41, 5.74) is 0. The minimum atomic E-state index is 0.692.